The van der Waals surface area contributed by atoms with Crippen molar-refractivity contribution in [3.05, 3.63) is 35.4 Å². The van der Waals surface area contributed by atoms with Gasteiger partial charge in [0, 0.05) is 37.6 Å². The molecule has 1 spiro atoms. The van der Waals surface area contributed by atoms with Gasteiger partial charge in [0.2, 0.25) is 0 Å². The second-order valence-electron chi connectivity index (χ2n) is 8.30. The van der Waals surface area contributed by atoms with Gasteiger partial charge in [-0.3, -0.25) is 4.99 Å². The highest BCUT2D eigenvalue weighted by Gasteiger charge is 2.66. The SMILES string of the molecule is CN=C(NCc1ccc(COCC(F)(F)F)cc1)NC1C2CCOC2C12CCC2. The quantitative estimate of drug-likeness (QED) is 0.557. The van der Waals surface area contributed by atoms with Crippen molar-refractivity contribution in [2.24, 2.45) is 16.3 Å². The molecule has 1 aliphatic heterocycles. The molecule has 3 unspecified atom stereocenters. The number of ether oxygens (including phenoxy) is 2. The van der Waals surface area contributed by atoms with Crippen molar-refractivity contribution in [3.63, 3.8) is 0 Å². The maximum absolute atomic E-state index is 12.1. The van der Waals surface area contributed by atoms with Crippen LogP contribution in [0.5, 0.6) is 0 Å². The molecule has 29 heavy (non-hydrogen) atoms. The molecule has 0 bridgehead atoms. The molecule has 5 nitrogen and oxygen atoms in total. The van der Waals surface area contributed by atoms with Crippen LogP contribution < -0.4 is 10.6 Å². The summed E-state index contributed by atoms with van der Waals surface area (Å²) in [4.78, 5) is 4.37. The molecule has 4 rings (SSSR count). The Morgan fingerprint density at radius 2 is 1.97 bits per heavy atom. The molecule has 3 fully saturated rings. The Morgan fingerprint density at radius 1 is 1.24 bits per heavy atom. The fraction of sp³-hybridized carbons (Fsp3) is 0.667. The predicted molar refractivity (Wildman–Crippen MR) is 103 cm³/mol. The Balaban J connectivity index is 1.26. The first-order valence-electron chi connectivity index (χ1n) is 10.2. The van der Waals surface area contributed by atoms with E-state index in [4.69, 9.17) is 9.47 Å². The molecule has 0 aromatic heterocycles. The third kappa shape index (κ3) is 4.23. The number of rotatable bonds is 6. The van der Waals surface area contributed by atoms with Gasteiger partial charge in [0.25, 0.3) is 0 Å². The summed E-state index contributed by atoms with van der Waals surface area (Å²) in [6, 6.07) is 7.79. The van der Waals surface area contributed by atoms with E-state index >= 15 is 0 Å². The smallest absolute Gasteiger partial charge is 0.377 e. The number of aliphatic imine (C=N–C) groups is 1. The van der Waals surface area contributed by atoms with Gasteiger partial charge in [-0.2, -0.15) is 13.2 Å². The highest BCUT2D eigenvalue weighted by atomic mass is 19.4. The molecule has 160 valence electrons. The summed E-state index contributed by atoms with van der Waals surface area (Å²) in [6.07, 6.45) is 0.949. The van der Waals surface area contributed by atoms with Crippen molar-refractivity contribution >= 4 is 5.96 Å². The lowest BCUT2D eigenvalue weighted by Gasteiger charge is -2.63. The summed E-state index contributed by atoms with van der Waals surface area (Å²) in [5, 5.41) is 6.97. The fourth-order valence-corrected chi connectivity index (χ4v) is 5.02. The summed E-state index contributed by atoms with van der Waals surface area (Å²) in [5.41, 5.74) is 2.03. The molecule has 1 heterocycles. The summed E-state index contributed by atoms with van der Waals surface area (Å²) >= 11 is 0. The average molecular weight is 411 g/mol. The molecule has 2 aliphatic carbocycles. The van der Waals surface area contributed by atoms with Crippen LogP contribution in [0.3, 0.4) is 0 Å². The first-order valence-corrected chi connectivity index (χ1v) is 10.2. The Bertz CT molecular complexity index is 732. The largest absolute Gasteiger partial charge is 0.411 e. The lowest BCUT2D eigenvalue weighted by molar-refractivity contribution is -0.176. The molecule has 0 amide bonds. The van der Waals surface area contributed by atoms with Crippen LogP contribution in [-0.2, 0) is 22.6 Å². The first-order chi connectivity index (χ1) is 13.9. The van der Waals surface area contributed by atoms with Crippen molar-refractivity contribution in [2.75, 3.05) is 20.3 Å². The lowest BCUT2D eigenvalue weighted by atomic mass is 9.46. The van der Waals surface area contributed by atoms with Crippen molar-refractivity contribution < 1.29 is 22.6 Å². The minimum absolute atomic E-state index is 0.0508. The number of alkyl halides is 3. The minimum atomic E-state index is -4.30. The van der Waals surface area contributed by atoms with E-state index < -0.39 is 12.8 Å². The van der Waals surface area contributed by atoms with Gasteiger partial charge in [-0.25, -0.2) is 0 Å². The van der Waals surface area contributed by atoms with Crippen LogP contribution >= 0.6 is 0 Å². The maximum Gasteiger partial charge on any atom is 0.411 e. The lowest BCUT2D eigenvalue weighted by Crippen LogP contribution is -2.72. The average Bonchev–Trinajstić information content (AvgIpc) is 3.06. The van der Waals surface area contributed by atoms with E-state index in [1.54, 1.807) is 19.2 Å². The molecule has 1 aromatic carbocycles. The van der Waals surface area contributed by atoms with Crippen molar-refractivity contribution in [1.29, 1.82) is 0 Å². The van der Waals surface area contributed by atoms with E-state index in [9.17, 15) is 13.2 Å². The number of hydrogen-bond acceptors (Lipinski definition) is 3. The molecule has 2 N–H and O–H groups in total. The molecule has 1 saturated heterocycles. The predicted octanol–water partition coefficient (Wildman–Crippen LogP) is 3.39. The number of nitrogens with one attached hydrogen (secondary N) is 2. The number of nitrogens with zero attached hydrogens (tertiary/aromatic N) is 1. The monoisotopic (exact) mass is 411 g/mol. The number of hydrogen-bond donors (Lipinski definition) is 2. The highest BCUT2D eigenvalue weighted by Crippen LogP contribution is 2.62. The standard InChI is InChI=1S/C21H28F3N3O2/c1-25-19(27-17-16-7-10-29-18(16)20(17)8-2-9-20)26-11-14-3-5-15(6-4-14)12-28-13-21(22,23)24/h3-6,16-18H,2,7-13H2,1H3,(H2,25,26,27). The second kappa shape index (κ2) is 8.14. The summed E-state index contributed by atoms with van der Waals surface area (Å²) in [6.45, 7) is 0.173. The Labute approximate surface area is 169 Å². The van der Waals surface area contributed by atoms with Gasteiger partial charge in [-0.05, 0) is 30.4 Å². The number of fused-ring (bicyclic) bond motifs is 2. The van der Waals surface area contributed by atoms with Crippen LogP contribution in [-0.4, -0.2) is 44.5 Å². The van der Waals surface area contributed by atoms with Gasteiger partial charge < -0.3 is 20.1 Å². The van der Waals surface area contributed by atoms with Gasteiger partial charge in [-0.1, -0.05) is 30.7 Å². The topological polar surface area (TPSA) is 54.9 Å². The Morgan fingerprint density at radius 3 is 2.59 bits per heavy atom. The minimum Gasteiger partial charge on any atom is -0.377 e. The Kier molecular flexibility index (Phi) is 5.75. The van der Waals surface area contributed by atoms with Crippen molar-refractivity contribution in [3.8, 4) is 0 Å². The summed E-state index contributed by atoms with van der Waals surface area (Å²) < 4.78 is 47.1. The molecule has 0 radical (unpaired) electrons. The van der Waals surface area contributed by atoms with Crippen LogP contribution in [0.2, 0.25) is 0 Å². The molecular weight excluding hydrogens is 383 g/mol. The normalized spacial score (nSPS) is 27.9. The van der Waals surface area contributed by atoms with Crippen LogP contribution in [0, 0.1) is 11.3 Å². The van der Waals surface area contributed by atoms with E-state index in [1.807, 2.05) is 12.1 Å². The van der Waals surface area contributed by atoms with Crippen molar-refractivity contribution in [2.45, 2.75) is 57.2 Å². The first kappa shape index (κ1) is 20.5. The van der Waals surface area contributed by atoms with E-state index in [0.717, 1.165) is 24.6 Å². The Hall–Kier alpha value is -1.80. The summed E-state index contributed by atoms with van der Waals surface area (Å²) in [7, 11) is 1.77. The number of halogens is 3. The van der Waals surface area contributed by atoms with Crippen LogP contribution in [0.4, 0.5) is 13.2 Å². The van der Waals surface area contributed by atoms with Crippen LogP contribution in [0.1, 0.15) is 36.8 Å². The highest BCUT2D eigenvalue weighted by molar-refractivity contribution is 5.80. The molecule has 3 aliphatic rings. The molecule has 1 aromatic rings. The third-order valence-electron chi connectivity index (χ3n) is 6.57. The summed E-state index contributed by atoms with van der Waals surface area (Å²) in [5.74, 6) is 1.36. The van der Waals surface area contributed by atoms with E-state index in [-0.39, 0.29) is 12.0 Å². The van der Waals surface area contributed by atoms with E-state index in [1.165, 1.54) is 19.3 Å². The molecular formula is C21H28F3N3O2. The van der Waals surface area contributed by atoms with E-state index in [0.29, 0.717) is 30.2 Å². The molecule has 2 saturated carbocycles. The number of guanidine groups is 1. The maximum atomic E-state index is 12.1. The molecule has 3 atom stereocenters. The third-order valence-corrected chi connectivity index (χ3v) is 6.57. The zero-order chi connectivity index (χ0) is 20.5. The van der Waals surface area contributed by atoms with Crippen LogP contribution in [0.15, 0.2) is 29.3 Å². The fourth-order valence-electron chi connectivity index (χ4n) is 5.02. The zero-order valence-electron chi connectivity index (χ0n) is 16.6. The van der Waals surface area contributed by atoms with Crippen molar-refractivity contribution in [1.82, 2.24) is 10.6 Å². The van der Waals surface area contributed by atoms with Gasteiger partial charge in [0.15, 0.2) is 5.96 Å². The van der Waals surface area contributed by atoms with Gasteiger partial charge in [0.05, 0.1) is 12.7 Å². The van der Waals surface area contributed by atoms with Crippen LogP contribution in [0.25, 0.3) is 0 Å². The molecule has 8 heteroatoms. The van der Waals surface area contributed by atoms with E-state index in [2.05, 4.69) is 15.6 Å². The van der Waals surface area contributed by atoms with Gasteiger partial charge >= 0.3 is 6.18 Å². The second-order valence-corrected chi connectivity index (χ2v) is 8.30. The zero-order valence-corrected chi connectivity index (χ0v) is 16.6. The van der Waals surface area contributed by atoms with Gasteiger partial charge in [0.1, 0.15) is 6.61 Å². The van der Waals surface area contributed by atoms with Gasteiger partial charge in [-0.15, -0.1) is 0 Å². The number of benzene rings is 1.